The fourth-order valence-corrected chi connectivity index (χ4v) is 2.88. The second-order valence-electron chi connectivity index (χ2n) is 5.58. The number of benzene rings is 1. The fraction of sp³-hybridized carbons (Fsp3) is 0.263. The summed E-state index contributed by atoms with van der Waals surface area (Å²) in [5.74, 6) is -0.00588. The maximum Gasteiger partial charge on any atom is 0.277 e. The Bertz CT molecular complexity index is 851. The molecule has 0 aliphatic rings. The Kier molecular flexibility index (Phi) is 4.15. The van der Waals surface area contributed by atoms with Crippen LogP contribution in [0, 0.1) is 6.92 Å². The van der Waals surface area contributed by atoms with Crippen LogP contribution < -0.4 is 4.90 Å². The number of aryl methyl sites for hydroxylation is 2. The van der Waals surface area contributed by atoms with E-state index in [-0.39, 0.29) is 5.91 Å². The van der Waals surface area contributed by atoms with Crippen molar-refractivity contribution in [1.82, 2.24) is 9.38 Å². The quantitative estimate of drug-likeness (QED) is 0.734. The minimum atomic E-state index is -0.00588. The molecule has 4 heteroatoms. The van der Waals surface area contributed by atoms with Crippen LogP contribution in [-0.2, 0) is 6.42 Å². The van der Waals surface area contributed by atoms with Crippen LogP contribution in [0.15, 0.2) is 48.7 Å². The standard InChI is InChI=1S/C19H21N3O/c1-4-16-18(22-12-7-6-11-17(22)20-16)19(23)21(5-2)15-10-8-9-14(3)13-15/h6-13H,4-5H2,1-3H3. The molecule has 0 unspecified atom stereocenters. The first kappa shape index (κ1) is 15.3. The van der Waals surface area contributed by atoms with Gasteiger partial charge in [0.05, 0.1) is 5.69 Å². The molecule has 1 amide bonds. The molecule has 0 spiro atoms. The maximum absolute atomic E-state index is 13.2. The Morgan fingerprint density at radius 3 is 2.70 bits per heavy atom. The zero-order valence-corrected chi connectivity index (χ0v) is 13.8. The highest BCUT2D eigenvalue weighted by atomic mass is 16.2. The summed E-state index contributed by atoms with van der Waals surface area (Å²) in [4.78, 5) is 19.6. The van der Waals surface area contributed by atoms with Gasteiger partial charge in [-0.1, -0.05) is 25.1 Å². The molecule has 118 valence electrons. The molecule has 0 aliphatic heterocycles. The molecule has 0 saturated heterocycles. The summed E-state index contributed by atoms with van der Waals surface area (Å²) in [7, 11) is 0. The van der Waals surface area contributed by atoms with Crippen LogP contribution in [0.1, 0.15) is 35.6 Å². The first-order chi connectivity index (χ1) is 11.2. The van der Waals surface area contributed by atoms with Gasteiger partial charge in [0.2, 0.25) is 0 Å². The molecule has 0 radical (unpaired) electrons. The summed E-state index contributed by atoms with van der Waals surface area (Å²) in [6, 6.07) is 13.8. The van der Waals surface area contributed by atoms with E-state index in [1.54, 1.807) is 0 Å². The molecule has 1 aromatic carbocycles. The predicted octanol–water partition coefficient (Wildman–Crippen LogP) is 3.87. The number of carbonyl (C=O) groups is 1. The van der Waals surface area contributed by atoms with Crippen molar-refractivity contribution in [3.63, 3.8) is 0 Å². The van der Waals surface area contributed by atoms with E-state index in [1.807, 2.05) is 78.7 Å². The highest BCUT2D eigenvalue weighted by molar-refractivity contribution is 6.06. The number of hydrogen-bond acceptors (Lipinski definition) is 2. The SMILES string of the molecule is CCc1nc2ccccn2c1C(=O)N(CC)c1cccc(C)c1. The Hall–Kier alpha value is -2.62. The van der Waals surface area contributed by atoms with E-state index in [0.717, 1.165) is 29.0 Å². The Morgan fingerprint density at radius 1 is 1.17 bits per heavy atom. The van der Waals surface area contributed by atoms with Crippen molar-refractivity contribution >= 4 is 17.2 Å². The van der Waals surface area contributed by atoms with E-state index in [0.29, 0.717) is 12.2 Å². The Balaban J connectivity index is 2.11. The number of rotatable bonds is 4. The van der Waals surface area contributed by atoms with E-state index in [2.05, 4.69) is 4.98 Å². The van der Waals surface area contributed by atoms with Crippen molar-refractivity contribution in [2.45, 2.75) is 27.2 Å². The average Bonchev–Trinajstić information content (AvgIpc) is 2.94. The summed E-state index contributed by atoms with van der Waals surface area (Å²) < 4.78 is 1.89. The number of anilines is 1. The van der Waals surface area contributed by atoms with E-state index in [9.17, 15) is 4.79 Å². The predicted molar refractivity (Wildman–Crippen MR) is 93.1 cm³/mol. The van der Waals surface area contributed by atoms with Gasteiger partial charge >= 0.3 is 0 Å². The molecule has 3 aromatic rings. The van der Waals surface area contributed by atoms with Gasteiger partial charge in [0, 0.05) is 18.4 Å². The van der Waals surface area contributed by atoms with Crippen LogP contribution in [0.3, 0.4) is 0 Å². The van der Waals surface area contributed by atoms with Crippen LogP contribution in [0.4, 0.5) is 5.69 Å². The molecule has 0 aliphatic carbocycles. The third-order valence-corrected chi connectivity index (χ3v) is 4.01. The molecule has 2 heterocycles. The summed E-state index contributed by atoms with van der Waals surface area (Å²) >= 11 is 0. The highest BCUT2D eigenvalue weighted by Gasteiger charge is 2.23. The molecular formula is C19H21N3O. The third-order valence-electron chi connectivity index (χ3n) is 4.01. The number of nitrogens with zero attached hydrogens (tertiary/aromatic N) is 3. The number of aromatic nitrogens is 2. The summed E-state index contributed by atoms with van der Waals surface area (Å²) in [5.41, 5.74) is 4.37. The fourth-order valence-electron chi connectivity index (χ4n) is 2.88. The van der Waals surface area contributed by atoms with Crippen molar-refractivity contribution in [1.29, 1.82) is 0 Å². The lowest BCUT2D eigenvalue weighted by Gasteiger charge is -2.21. The lowest BCUT2D eigenvalue weighted by molar-refractivity contribution is 0.0981. The van der Waals surface area contributed by atoms with Crippen LogP contribution in [-0.4, -0.2) is 21.8 Å². The van der Waals surface area contributed by atoms with Gasteiger partial charge in [-0.15, -0.1) is 0 Å². The minimum Gasteiger partial charge on any atom is -0.307 e. The topological polar surface area (TPSA) is 37.6 Å². The summed E-state index contributed by atoms with van der Waals surface area (Å²) in [5, 5.41) is 0. The van der Waals surface area contributed by atoms with Gasteiger partial charge in [-0.2, -0.15) is 0 Å². The largest absolute Gasteiger partial charge is 0.307 e. The van der Waals surface area contributed by atoms with E-state index in [4.69, 9.17) is 0 Å². The number of hydrogen-bond donors (Lipinski definition) is 0. The zero-order valence-electron chi connectivity index (χ0n) is 13.8. The maximum atomic E-state index is 13.2. The summed E-state index contributed by atoms with van der Waals surface area (Å²) in [6.07, 6.45) is 2.63. The van der Waals surface area contributed by atoms with E-state index in [1.165, 1.54) is 0 Å². The van der Waals surface area contributed by atoms with Crippen molar-refractivity contribution in [3.8, 4) is 0 Å². The number of pyridine rings is 1. The van der Waals surface area contributed by atoms with Gasteiger partial charge < -0.3 is 4.90 Å². The van der Waals surface area contributed by atoms with Crippen LogP contribution >= 0.6 is 0 Å². The number of carbonyl (C=O) groups excluding carboxylic acids is 1. The van der Waals surface area contributed by atoms with Crippen LogP contribution in [0.25, 0.3) is 5.65 Å². The van der Waals surface area contributed by atoms with E-state index < -0.39 is 0 Å². The molecule has 2 aromatic heterocycles. The van der Waals surface area contributed by atoms with Crippen molar-refractivity contribution < 1.29 is 4.79 Å². The first-order valence-corrected chi connectivity index (χ1v) is 8.00. The van der Waals surface area contributed by atoms with Gasteiger partial charge in [-0.25, -0.2) is 4.98 Å². The molecule has 4 nitrogen and oxygen atoms in total. The normalized spacial score (nSPS) is 10.9. The molecule has 23 heavy (non-hydrogen) atoms. The van der Waals surface area contributed by atoms with Gasteiger partial charge in [0.1, 0.15) is 11.3 Å². The summed E-state index contributed by atoms with van der Waals surface area (Å²) in [6.45, 7) is 6.68. The van der Waals surface area contributed by atoms with Crippen molar-refractivity contribution in [2.75, 3.05) is 11.4 Å². The lowest BCUT2D eigenvalue weighted by Crippen LogP contribution is -2.32. The van der Waals surface area contributed by atoms with Gasteiger partial charge in [-0.05, 0) is 50.1 Å². The highest BCUT2D eigenvalue weighted by Crippen LogP contribution is 2.21. The number of fused-ring (bicyclic) bond motifs is 1. The van der Waals surface area contributed by atoms with E-state index >= 15 is 0 Å². The lowest BCUT2D eigenvalue weighted by atomic mass is 10.2. The molecule has 0 bridgehead atoms. The average molecular weight is 307 g/mol. The molecular weight excluding hydrogens is 286 g/mol. The van der Waals surface area contributed by atoms with Crippen LogP contribution in [0.2, 0.25) is 0 Å². The van der Waals surface area contributed by atoms with Crippen LogP contribution in [0.5, 0.6) is 0 Å². The molecule has 3 rings (SSSR count). The third kappa shape index (κ3) is 2.72. The van der Waals surface area contributed by atoms with Gasteiger partial charge in [0.15, 0.2) is 0 Å². The van der Waals surface area contributed by atoms with Crippen molar-refractivity contribution in [3.05, 3.63) is 65.6 Å². The number of amides is 1. The molecule has 0 fully saturated rings. The van der Waals surface area contributed by atoms with Gasteiger partial charge in [0.25, 0.3) is 5.91 Å². The zero-order chi connectivity index (χ0) is 16.4. The monoisotopic (exact) mass is 307 g/mol. The molecule has 0 atom stereocenters. The second kappa shape index (κ2) is 6.24. The Morgan fingerprint density at radius 2 is 2.00 bits per heavy atom. The number of imidazole rings is 1. The molecule has 0 saturated carbocycles. The minimum absolute atomic E-state index is 0.00588. The second-order valence-corrected chi connectivity index (χ2v) is 5.58. The first-order valence-electron chi connectivity index (χ1n) is 8.00. The smallest absolute Gasteiger partial charge is 0.277 e. The Labute approximate surface area is 136 Å². The molecule has 0 N–H and O–H groups in total. The van der Waals surface area contributed by atoms with Gasteiger partial charge in [-0.3, -0.25) is 9.20 Å². The van der Waals surface area contributed by atoms with Crippen molar-refractivity contribution in [2.24, 2.45) is 0 Å².